The van der Waals surface area contributed by atoms with Crippen LogP contribution in [-0.4, -0.2) is 21.1 Å². The van der Waals surface area contributed by atoms with Crippen molar-refractivity contribution in [3.63, 3.8) is 0 Å². The molecule has 0 amide bonds. The molecule has 96 valence electrons. The second-order valence-corrected chi connectivity index (χ2v) is 6.68. The van der Waals surface area contributed by atoms with E-state index in [4.69, 9.17) is 12.2 Å². The van der Waals surface area contributed by atoms with E-state index in [0.717, 1.165) is 17.2 Å². The first-order valence-corrected chi connectivity index (χ1v) is 8.08. The Morgan fingerprint density at radius 2 is 2.17 bits per heavy atom. The van der Waals surface area contributed by atoms with Gasteiger partial charge in [0.1, 0.15) is 0 Å². The molecule has 1 aromatic heterocycles. The van der Waals surface area contributed by atoms with Gasteiger partial charge in [0.25, 0.3) is 0 Å². The number of aryl methyl sites for hydroxylation is 1. The van der Waals surface area contributed by atoms with Crippen LogP contribution in [0.2, 0.25) is 0 Å². The third kappa shape index (κ3) is 2.24. The van der Waals surface area contributed by atoms with Crippen molar-refractivity contribution in [2.75, 3.05) is 11.5 Å². The number of H-pyrrole nitrogens is 1. The van der Waals surface area contributed by atoms with E-state index >= 15 is 0 Å². The molecule has 0 aliphatic carbocycles. The first kappa shape index (κ1) is 12.3. The number of imidazole rings is 1. The predicted molar refractivity (Wildman–Crippen MR) is 81.9 cm³/mol. The van der Waals surface area contributed by atoms with Crippen LogP contribution in [-0.2, 0) is 6.54 Å². The van der Waals surface area contributed by atoms with E-state index in [1.54, 1.807) is 0 Å². The highest BCUT2D eigenvalue weighted by Crippen LogP contribution is 2.26. The van der Waals surface area contributed by atoms with Gasteiger partial charge in [0, 0.05) is 6.54 Å². The van der Waals surface area contributed by atoms with Crippen LogP contribution in [0.25, 0.3) is 11.0 Å². The third-order valence-electron chi connectivity index (χ3n) is 3.78. The highest BCUT2D eigenvalue weighted by molar-refractivity contribution is 7.99. The number of rotatable bonds is 2. The molecule has 4 heteroatoms. The molecular formula is C14H18N2S2. The summed E-state index contributed by atoms with van der Waals surface area (Å²) in [6.07, 6.45) is 2.65. The molecule has 3 rings (SSSR count). The fourth-order valence-electron chi connectivity index (χ4n) is 2.76. The van der Waals surface area contributed by atoms with Crippen LogP contribution in [0.5, 0.6) is 0 Å². The molecule has 1 saturated heterocycles. The van der Waals surface area contributed by atoms with Gasteiger partial charge >= 0.3 is 0 Å². The Morgan fingerprint density at radius 3 is 2.94 bits per heavy atom. The number of thioether (sulfide) groups is 1. The van der Waals surface area contributed by atoms with Crippen molar-refractivity contribution in [1.29, 1.82) is 0 Å². The molecule has 0 radical (unpaired) electrons. The van der Waals surface area contributed by atoms with Crippen molar-refractivity contribution in [3.05, 3.63) is 28.5 Å². The van der Waals surface area contributed by atoms with Gasteiger partial charge in [0.05, 0.1) is 11.0 Å². The summed E-state index contributed by atoms with van der Waals surface area (Å²) in [5.41, 5.74) is 3.77. The summed E-state index contributed by atoms with van der Waals surface area (Å²) in [4.78, 5) is 3.33. The largest absolute Gasteiger partial charge is 0.331 e. The fourth-order valence-corrected chi connectivity index (χ4v) is 4.24. The topological polar surface area (TPSA) is 20.7 Å². The van der Waals surface area contributed by atoms with Gasteiger partial charge in [-0.2, -0.15) is 11.8 Å². The lowest BCUT2D eigenvalue weighted by Crippen LogP contribution is -2.16. The van der Waals surface area contributed by atoms with Crippen LogP contribution in [0.4, 0.5) is 0 Å². The summed E-state index contributed by atoms with van der Waals surface area (Å²) in [6, 6.07) is 6.37. The minimum absolute atomic E-state index is 0.788. The van der Waals surface area contributed by atoms with Crippen molar-refractivity contribution in [2.24, 2.45) is 5.92 Å². The van der Waals surface area contributed by atoms with Gasteiger partial charge in [-0.1, -0.05) is 12.1 Å². The van der Waals surface area contributed by atoms with Crippen LogP contribution >= 0.6 is 24.0 Å². The average Bonchev–Trinajstić information content (AvgIpc) is 2.69. The summed E-state index contributed by atoms with van der Waals surface area (Å²) >= 11 is 7.56. The molecule has 0 atom stereocenters. The third-order valence-corrected chi connectivity index (χ3v) is 5.15. The summed E-state index contributed by atoms with van der Waals surface area (Å²) in [5.74, 6) is 3.40. The zero-order chi connectivity index (χ0) is 12.5. The summed E-state index contributed by atoms with van der Waals surface area (Å²) < 4.78 is 3.18. The lowest BCUT2D eigenvalue weighted by Gasteiger charge is -2.22. The Kier molecular flexibility index (Phi) is 3.48. The normalized spacial score (nSPS) is 17.4. The lowest BCUT2D eigenvalue weighted by molar-refractivity contribution is 0.420. The van der Waals surface area contributed by atoms with Gasteiger partial charge < -0.3 is 9.55 Å². The maximum absolute atomic E-state index is 5.48. The van der Waals surface area contributed by atoms with Crippen LogP contribution < -0.4 is 0 Å². The Hall–Kier alpha value is -0.740. The van der Waals surface area contributed by atoms with E-state index in [1.807, 2.05) is 0 Å². The lowest BCUT2D eigenvalue weighted by atomic mass is 10.0. The summed E-state index contributed by atoms with van der Waals surface area (Å²) in [7, 11) is 0. The van der Waals surface area contributed by atoms with Crippen LogP contribution in [0.15, 0.2) is 18.2 Å². The van der Waals surface area contributed by atoms with Gasteiger partial charge in [0.2, 0.25) is 0 Å². The van der Waals surface area contributed by atoms with Gasteiger partial charge in [-0.3, -0.25) is 0 Å². The maximum Gasteiger partial charge on any atom is 0.178 e. The maximum atomic E-state index is 5.48. The number of fused-ring (bicyclic) bond motifs is 1. The highest BCUT2D eigenvalue weighted by Gasteiger charge is 2.16. The molecule has 2 aromatic rings. The molecule has 2 heterocycles. The molecule has 18 heavy (non-hydrogen) atoms. The van der Waals surface area contributed by atoms with Crippen molar-refractivity contribution in [2.45, 2.75) is 26.3 Å². The van der Waals surface area contributed by atoms with Crippen LogP contribution in [0.3, 0.4) is 0 Å². The molecule has 1 N–H and O–H groups in total. The smallest absolute Gasteiger partial charge is 0.178 e. The summed E-state index contributed by atoms with van der Waals surface area (Å²) in [6.45, 7) is 3.24. The molecule has 1 fully saturated rings. The van der Waals surface area contributed by atoms with Gasteiger partial charge in [0.15, 0.2) is 4.77 Å². The number of aromatic nitrogens is 2. The van der Waals surface area contributed by atoms with Crippen LogP contribution in [0.1, 0.15) is 18.4 Å². The van der Waals surface area contributed by atoms with Gasteiger partial charge in [-0.15, -0.1) is 0 Å². The molecule has 0 unspecified atom stereocenters. The number of hydrogen-bond acceptors (Lipinski definition) is 2. The first-order valence-electron chi connectivity index (χ1n) is 6.51. The number of benzene rings is 1. The molecule has 0 bridgehead atoms. The van der Waals surface area contributed by atoms with E-state index in [1.165, 1.54) is 40.9 Å². The Balaban J connectivity index is 2.00. The fraction of sp³-hybridized carbons (Fsp3) is 0.500. The van der Waals surface area contributed by atoms with Crippen molar-refractivity contribution in [1.82, 2.24) is 9.55 Å². The zero-order valence-electron chi connectivity index (χ0n) is 10.6. The molecule has 1 aromatic carbocycles. The molecule has 1 aliphatic heterocycles. The van der Waals surface area contributed by atoms with Gasteiger partial charge in [-0.05, 0) is 61.0 Å². The van der Waals surface area contributed by atoms with E-state index in [9.17, 15) is 0 Å². The highest BCUT2D eigenvalue weighted by atomic mass is 32.2. The Labute approximate surface area is 117 Å². The minimum Gasteiger partial charge on any atom is -0.331 e. The molecule has 2 nitrogen and oxygen atoms in total. The SMILES string of the molecule is Cc1cccc2[nH]c(=S)n(CC3CCSCC3)c12. The zero-order valence-corrected chi connectivity index (χ0v) is 12.2. The number of para-hydroxylation sites is 1. The Bertz CT molecular complexity index is 606. The van der Waals surface area contributed by atoms with E-state index in [0.29, 0.717) is 0 Å². The molecule has 0 saturated carbocycles. The average molecular weight is 278 g/mol. The van der Waals surface area contributed by atoms with E-state index in [2.05, 4.69) is 46.4 Å². The summed E-state index contributed by atoms with van der Waals surface area (Å²) in [5, 5.41) is 0. The van der Waals surface area contributed by atoms with Crippen molar-refractivity contribution in [3.8, 4) is 0 Å². The van der Waals surface area contributed by atoms with Crippen molar-refractivity contribution < 1.29 is 0 Å². The quantitative estimate of drug-likeness (QED) is 0.833. The second-order valence-electron chi connectivity index (χ2n) is 5.07. The number of hydrogen-bond donors (Lipinski definition) is 1. The second kappa shape index (κ2) is 5.10. The number of nitrogens with one attached hydrogen (secondary N) is 1. The van der Waals surface area contributed by atoms with E-state index in [-0.39, 0.29) is 0 Å². The van der Waals surface area contributed by atoms with Gasteiger partial charge in [-0.25, -0.2) is 0 Å². The standard InChI is InChI=1S/C14H18N2S2/c1-10-3-2-4-12-13(10)16(14(17)15-12)9-11-5-7-18-8-6-11/h2-4,11H,5-9H2,1H3,(H,15,17). The Morgan fingerprint density at radius 1 is 1.39 bits per heavy atom. The minimum atomic E-state index is 0.788. The number of nitrogens with zero attached hydrogens (tertiary/aromatic N) is 1. The predicted octanol–water partition coefficient (Wildman–Crippen LogP) is 4.15. The van der Waals surface area contributed by atoms with Crippen molar-refractivity contribution >= 4 is 35.0 Å². The van der Waals surface area contributed by atoms with E-state index < -0.39 is 0 Å². The number of aromatic amines is 1. The first-order chi connectivity index (χ1) is 8.75. The van der Waals surface area contributed by atoms with Crippen LogP contribution in [0, 0.1) is 17.6 Å². The molecular weight excluding hydrogens is 260 g/mol. The molecule has 0 spiro atoms. The monoisotopic (exact) mass is 278 g/mol. The molecule has 1 aliphatic rings.